The molecule has 0 saturated carbocycles. The summed E-state index contributed by atoms with van der Waals surface area (Å²) < 4.78 is 39.5. The van der Waals surface area contributed by atoms with Crippen LogP contribution in [0.15, 0.2) is 18.2 Å². The standard InChI is InChI=1S/C20H32N4O5S/c1-28-18-13-17(14-19(15-18)29-2)21-20(25)16-22-9-11-24(12-10-22)30(26,27)23-7-5-3-4-6-8-23/h13-15H,3-12,16H2,1-2H3,(H,21,25). The number of carbonyl (C=O) groups excluding carboxylic acids is 1. The van der Waals surface area contributed by atoms with Gasteiger partial charge in [0.25, 0.3) is 10.2 Å². The van der Waals surface area contributed by atoms with Gasteiger partial charge >= 0.3 is 0 Å². The van der Waals surface area contributed by atoms with Crippen molar-refractivity contribution in [2.45, 2.75) is 25.7 Å². The average molecular weight is 441 g/mol. The van der Waals surface area contributed by atoms with Crippen LogP contribution in [0, 0.1) is 0 Å². The lowest BCUT2D eigenvalue weighted by atomic mass is 10.2. The minimum atomic E-state index is -3.41. The van der Waals surface area contributed by atoms with Gasteiger partial charge in [-0.3, -0.25) is 9.69 Å². The van der Waals surface area contributed by atoms with Crippen LogP contribution in [0.3, 0.4) is 0 Å². The number of anilines is 1. The number of piperazine rings is 1. The zero-order chi connectivity index (χ0) is 21.6. The number of hydrogen-bond acceptors (Lipinski definition) is 6. The number of benzene rings is 1. The summed E-state index contributed by atoms with van der Waals surface area (Å²) in [5.74, 6) is 1.03. The van der Waals surface area contributed by atoms with E-state index in [2.05, 4.69) is 5.32 Å². The number of carbonyl (C=O) groups is 1. The van der Waals surface area contributed by atoms with E-state index in [0.717, 1.165) is 25.7 Å². The van der Waals surface area contributed by atoms with Crippen molar-refractivity contribution in [2.75, 3.05) is 65.3 Å². The third kappa shape index (κ3) is 5.84. The molecule has 0 aliphatic carbocycles. The number of methoxy groups -OCH3 is 2. The number of hydrogen-bond donors (Lipinski definition) is 1. The first-order chi connectivity index (χ1) is 14.4. The first-order valence-electron chi connectivity index (χ1n) is 10.4. The lowest BCUT2D eigenvalue weighted by Crippen LogP contribution is -2.54. The average Bonchev–Trinajstić information content (AvgIpc) is 3.04. The first kappa shape index (κ1) is 22.8. The molecular formula is C20H32N4O5S. The molecule has 2 aliphatic heterocycles. The van der Waals surface area contributed by atoms with Crippen molar-refractivity contribution in [3.63, 3.8) is 0 Å². The van der Waals surface area contributed by atoms with Gasteiger partial charge in [0.05, 0.1) is 20.8 Å². The van der Waals surface area contributed by atoms with Crippen molar-refractivity contribution in [3.05, 3.63) is 18.2 Å². The van der Waals surface area contributed by atoms with Gasteiger partial charge in [-0.2, -0.15) is 17.0 Å². The van der Waals surface area contributed by atoms with Crippen LogP contribution in [0.4, 0.5) is 5.69 Å². The summed E-state index contributed by atoms with van der Waals surface area (Å²) in [6.07, 6.45) is 4.03. The fourth-order valence-corrected chi connectivity index (χ4v) is 5.51. The van der Waals surface area contributed by atoms with Crippen LogP contribution in [-0.4, -0.2) is 87.9 Å². The molecular weight excluding hydrogens is 408 g/mol. The van der Waals surface area contributed by atoms with Gasteiger partial charge < -0.3 is 14.8 Å². The van der Waals surface area contributed by atoms with E-state index in [1.54, 1.807) is 41.0 Å². The van der Waals surface area contributed by atoms with Gasteiger partial charge in [0.1, 0.15) is 11.5 Å². The van der Waals surface area contributed by atoms with Crippen molar-refractivity contribution in [3.8, 4) is 11.5 Å². The molecule has 168 valence electrons. The SMILES string of the molecule is COc1cc(NC(=O)CN2CCN(S(=O)(=O)N3CCCCCC3)CC2)cc(OC)c1. The van der Waals surface area contributed by atoms with Gasteiger partial charge in [-0.1, -0.05) is 12.8 Å². The topological polar surface area (TPSA) is 91.4 Å². The zero-order valence-corrected chi connectivity index (χ0v) is 18.6. The summed E-state index contributed by atoms with van der Waals surface area (Å²) in [7, 11) is -0.302. The van der Waals surface area contributed by atoms with Crippen molar-refractivity contribution in [2.24, 2.45) is 0 Å². The maximum atomic E-state index is 12.9. The normalized spacial score (nSPS) is 19.8. The summed E-state index contributed by atoms with van der Waals surface area (Å²) in [5, 5.41) is 2.86. The van der Waals surface area contributed by atoms with Gasteiger partial charge in [0.2, 0.25) is 5.91 Å². The number of amides is 1. The van der Waals surface area contributed by atoms with E-state index in [9.17, 15) is 13.2 Å². The Bertz CT molecular complexity index is 794. The van der Waals surface area contributed by atoms with E-state index >= 15 is 0 Å². The lowest BCUT2D eigenvalue weighted by molar-refractivity contribution is -0.117. The largest absolute Gasteiger partial charge is 0.497 e. The molecule has 2 aliphatic rings. The second kappa shape index (κ2) is 10.4. The summed E-state index contributed by atoms with van der Waals surface area (Å²) in [4.78, 5) is 14.4. The van der Waals surface area contributed by atoms with E-state index in [1.807, 2.05) is 4.90 Å². The van der Waals surface area contributed by atoms with E-state index in [1.165, 1.54) is 0 Å². The molecule has 2 fully saturated rings. The molecule has 0 bridgehead atoms. The Morgan fingerprint density at radius 2 is 1.40 bits per heavy atom. The molecule has 1 aromatic carbocycles. The Morgan fingerprint density at radius 1 is 0.867 bits per heavy atom. The number of nitrogens with zero attached hydrogens (tertiary/aromatic N) is 3. The maximum Gasteiger partial charge on any atom is 0.282 e. The van der Waals surface area contributed by atoms with Crippen LogP contribution in [0.1, 0.15) is 25.7 Å². The molecule has 30 heavy (non-hydrogen) atoms. The molecule has 9 nitrogen and oxygen atoms in total. The van der Waals surface area contributed by atoms with Crippen molar-refractivity contribution < 1.29 is 22.7 Å². The van der Waals surface area contributed by atoms with Crippen LogP contribution in [0.25, 0.3) is 0 Å². The van der Waals surface area contributed by atoms with Crippen molar-refractivity contribution in [1.29, 1.82) is 0 Å². The smallest absolute Gasteiger partial charge is 0.282 e. The lowest BCUT2D eigenvalue weighted by Gasteiger charge is -2.36. The van der Waals surface area contributed by atoms with Gasteiger partial charge in [-0.15, -0.1) is 0 Å². The second-order valence-electron chi connectivity index (χ2n) is 7.65. The molecule has 10 heteroatoms. The Hall–Kier alpha value is -1.88. The molecule has 0 aromatic heterocycles. The molecule has 2 saturated heterocycles. The van der Waals surface area contributed by atoms with Gasteiger partial charge in [0, 0.05) is 63.2 Å². The number of nitrogens with one attached hydrogen (secondary N) is 1. The van der Waals surface area contributed by atoms with Gasteiger partial charge in [-0.25, -0.2) is 0 Å². The minimum absolute atomic E-state index is 0.158. The molecule has 1 N–H and O–H groups in total. The third-order valence-electron chi connectivity index (χ3n) is 5.55. The predicted octanol–water partition coefficient (Wildman–Crippen LogP) is 1.38. The fourth-order valence-electron chi connectivity index (χ4n) is 3.84. The molecule has 2 heterocycles. The number of rotatable bonds is 7. The highest BCUT2D eigenvalue weighted by Gasteiger charge is 2.32. The van der Waals surface area contributed by atoms with Crippen molar-refractivity contribution >= 4 is 21.8 Å². The maximum absolute atomic E-state index is 12.9. The Labute approximate surface area is 179 Å². The molecule has 1 aromatic rings. The van der Waals surface area contributed by atoms with Crippen LogP contribution in [-0.2, 0) is 15.0 Å². The Kier molecular flexibility index (Phi) is 7.93. The summed E-state index contributed by atoms with van der Waals surface area (Å²) >= 11 is 0. The van der Waals surface area contributed by atoms with Crippen LogP contribution >= 0.6 is 0 Å². The molecule has 0 unspecified atom stereocenters. The van der Waals surface area contributed by atoms with Crippen LogP contribution in [0.2, 0.25) is 0 Å². The highest BCUT2D eigenvalue weighted by Crippen LogP contribution is 2.25. The Morgan fingerprint density at radius 3 is 1.93 bits per heavy atom. The minimum Gasteiger partial charge on any atom is -0.497 e. The zero-order valence-electron chi connectivity index (χ0n) is 17.8. The third-order valence-corrected chi connectivity index (χ3v) is 7.59. The predicted molar refractivity (Wildman–Crippen MR) is 115 cm³/mol. The monoisotopic (exact) mass is 440 g/mol. The van der Waals surface area contributed by atoms with Crippen molar-refractivity contribution in [1.82, 2.24) is 13.5 Å². The van der Waals surface area contributed by atoms with Gasteiger partial charge in [0.15, 0.2) is 0 Å². The van der Waals surface area contributed by atoms with E-state index in [4.69, 9.17) is 9.47 Å². The van der Waals surface area contributed by atoms with Crippen LogP contribution < -0.4 is 14.8 Å². The highest BCUT2D eigenvalue weighted by molar-refractivity contribution is 7.86. The fraction of sp³-hybridized carbons (Fsp3) is 0.650. The summed E-state index contributed by atoms with van der Waals surface area (Å²) in [5.41, 5.74) is 0.596. The number of ether oxygens (including phenoxy) is 2. The molecule has 3 rings (SSSR count). The molecule has 1 amide bonds. The van der Waals surface area contributed by atoms with Gasteiger partial charge in [-0.05, 0) is 12.8 Å². The first-order valence-corrected chi connectivity index (χ1v) is 11.8. The van der Waals surface area contributed by atoms with E-state index < -0.39 is 10.2 Å². The van der Waals surface area contributed by atoms with E-state index in [-0.39, 0.29) is 12.5 Å². The summed E-state index contributed by atoms with van der Waals surface area (Å²) in [6, 6.07) is 5.19. The quantitative estimate of drug-likeness (QED) is 0.689. The molecule has 0 radical (unpaired) electrons. The van der Waals surface area contributed by atoms with E-state index in [0.29, 0.717) is 56.5 Å². The molecule has 0 atom stereocenters. The second-order valence-corrected chi connectivity index (χ2v) is 9.57. The molecule has 0 spiro atoms. The Balaban J connectivity index is 1.51. The highest BCUT2D eigenvalue weighted by atomic mass is 32.2. The van der Waals surface area contributed by atoms with Crippen LogP contribution in [0.5, 0.6) is 11.5 Å². The summed E-state index contributed by atoms with van der Waals surface area (Å²) in [6.45, 7) is 3.28.